The van der Waals surface area contributed by atoms with Gasteiger partial charge in [-0.05, 0) is 30.9 Å². The largest absolute Gasteiger partial charge is 0.486 e. The Labute approximate surface area is 112 Å². The van der Waals surface area contributed by atoms with Gasteiger partial charge in [-0.25, -0.2) is 0 Å². The fourth-order valence-electron chi connectivity index (χ4n) is 2.19. The first kappa shape index (κ1) is 13.7. The number of benzene rings is 1. The van der Waals surface area contributed by atoms with Gasteiger partial charge in [0.25, 0.3) is 0 Å². The van der Waals surface area contributed by atoms with Crippen LogP contribution < -0.4 is 15.2 Å². The van der Waals surface area contributed by atoms with E-state index in [0.717, 1.165) is 17.1 Å². The minimum absolute atomic E-state index is 0.0589. The van der Waals surface area contributed by atoms with Gasteiger partial charge in [0, 0.05) is 12.5 Å². The van der Waals surface area contributed by atoms with E-state index in [4.69, 9.17) is 20.3 Å². The lowest BCUT2D eigenvalue weighted by atomic mass is 10.0. The van der Waals surface area contributed by atoms with Crippen LogP contribution in [0.15, 0.2) is 18.2 Å². The van der Waals surface area contributed by atoms with Gasteiger partial charge in [0.2, 0.25) is 0 Å². The van der Waals surface area contributed by atoms with Gasteiger partial charge in [0.1, 0.15) is 13.2 Å². The number of aliphatic carboxylic acids is 1. The third-order valence-corrected chi connectivity index (χ3v) is 3.10. The highest BCUT2D eigenvalue weighted by Crippen LogP contribution is 2.34. The van der Waals surface area contributed by atoms with Crippen LogP contribution in [0, 0.1) is 0 Å². The molecular formula is C14H19NO4. The van der Waals surface area contributed by atoms with Crippen LogP contribution >= 0.6 is 0 Å². The molecule has 2 rings (SSSR count). The number of carbonyl (C=O) groups is 1. The van der Waals surface area contributed by atoms with Gasteiger partial charge < -0.3 is 20.3 Å². The lowest BCUT2D eigenvalue weighted by molar-refractivity contribution is -0.137. The third kappa shape index (κ3) is 3.86. The SMILES string of the molecule is NC(CCCC(=O)O)Cc1cccc2c1OCCO2. The molecule has 0 spiro atoms. The zero-order chi connectivity index (χ0) is 13.7. The fraction of sp³-hybridized carbons (Fsp3) is 0.500. The molecule has 1 atom stereocenters. The number of carboxylic acids is 1. The Hall–Kier alpha value is -1.75. The maximum absolute atomic E-state index is 10.5. The zero-order valence-electron chi connectivity index (χ0n) is 10.8. The summed E-state index contributed by atoms with van der Waals surface area (Å²) >= 11 is 0. The molecule has 1 heterocycles. The quantitative estimate of drug-likeness (QED) is 0.816. The molecule has 0 aliphatic carbocycles. The van der Waals surface area contributed by atoms with Crippen molar-refractivity contribution in [2.75, 3.05) is 13.2 Å². The molecule has 19 heavy (non-hydrogen) atoms. The molecule has 0 aromatic heterocycles. The van der Waals surface area contributed by atoms with E-state index >= 15 is 0 Å². The Morgan fingerprint density at radius 3 is 2.95 bits per heavy atom. The molecule has 1 aromatic rings. The number of carboxylic acid groups (broad SMARTS) is 1. The smallest absolute Gasteiger partial charge is 0.303 e. The Balaban J connectivity index is 1.93. The van der Waals surface area contributed by atoms with E-state index in [1.54, 1.807) is 0 Å². The highest BCUT2D eigenvalue weighted by molar-refractivity contribution is 5.66. The average Bonchev–Trinajstić information content (AvgIpc) is 2.39. The lowest BCUT2D eigenvalue weighted by Crippen LogP contribution is -2.24. The molecule has 3 N–H and O–H groups in total. The molecular weight excluding hydrogens is 246 g/mol. The predicted molar refractivity (Wildman–Crippen MR) is 70.6 cm³/mol. The first-order chi connectivity index (χ1) is 9.16. The van der Waals surface area contributed by atoms with Crippen LogP contribution in [0.1, 0.15) is 24.8 Å². The molecule has 1 aromatic carbocycles. The summed E-state index contributed by atoms with van der Waals surface area (Å²) in [5.74, 6) is 0.768. The van der Waals surface area contributed by atoms with Crippen molar-refractivity contribution in [2.45, 2.75) is 31.7 Å². The van der Waals surface area contributed by atoms with Crippen molar-refractivity contribution in [1.29, 1.82) is 0 Å². The van der Waals surface area contributed by atoms with Gasteiger partial charge in [-0.15, -0.1) is 0 Å². The summed E-state index contributed by atoms with van der Waals surface area (Å²) in [5, 5.41) is 8.60. The predicted octanol–water partition coefficient (Wildman–Crippen LogP) is 1.58. The van der Waals surface area contributed by atoms with E-state index in [2.05, 4.69) is 0 Å². The minimum atomic E-state index is -0.777. The second kappa shape index (κ2) is 6.43. The van der Waals surface area contributed by atoms with Crippen LogP contribution in [0.3, 0.4) is 0 Å². The number of ether oxygens (including phenoxy) is 2. The van der Waals surface area contributed by atoms with Crippen LogP contribution in [0.4, 0.5) is 0 Å². The van der Waals surface area contributed by atoms with Crippen molar-refractivity contribution in [3.05, 3.63) is 23.8 Å². The van der Waals surface area contributed by atoms with Crippen molar-refractivity contribution in [3.8, 4) is 11.5 Å². The summed E-state index contributed by atoms with van der Waals surface area (Å²) in [5.41, 5.74) is 7.06. The van der Waals surface area contributed by atoms with E-state index in [-0.39, 0.29) is 12.5 Å². The normalized spacial score (nSPS) is 15.0. The topological polar surface area (TPSA) is 81.8 Å². The summed E-state index contributed by atoms with van der Waals surface area (Å²) in [6.45, 7) is 1.12. The Morgan fingerprint density at radius 1 is 1.37 bits per heavy atom. The summed E-state index contributed by atoms with van der Waals surface area (Å²) in [6, 6.07) is 5.72. The van der Waals surface area contributed by atoms with E-state index < -0.39 is 5.97 Å². The Kier molecular flexibility index (Phi) is 4.63. The molecule has 1 aliphatic rings. The molecule has 0 radical (unpaired) electrons. The molecule has 0 saturated carbocycles. The van der Waals surface area contributed by atoms with Crippen molar-refractivity contribution < 1.29 is 19.4 Å². The van der Waals surface area contributed by atoms with Crippen LogP contribution in [-0.2, 0) is 11.2 Å². The van der Waals surface area contributed by atoms with Gasteiger partial charge in [-0.2, -0.15) is 0 Å². The maximum atomic E-state index is 10.5. The second-order valence-electron chi connectivity index (χ2n) is 4.69. The summed E-state index contributed by atoms with van der Waals surface area (Å²) in [4.78, 5) is 10.5. The molecule has 104 valence electrons. The van der Waals surface area contributed by atoms with Gasteiger partial charge in [0.15, 0.2) is 11.5 Å². The Bertz CT molecular complexity index is 447. The fourth-order valence-corrected chi connectivity index (χ4v) is 2.19. The molecule has 1 aliphatic heterocycles. The van der Waals surface area contributed by atoms with Crippen LogP contribution in [0.5, 0.6) is 11.5 Å². The number of rotatable bonds is 6. The maximum Gasteiger partial charge on any atom is 0.303 e. The Morgan fingerprint density at radius 2 is 2.16 bits per heavy atom. The van der Waals surface area contributed by atoms with Crippen molar-refractivity contribution >= 4 is 5.97 Å². The molecule has 0 bridgehead atoms. The molecule has 5 heteroatoms. The van der Waals surface area contributed by atoms with Gasteiger partial charge in [0.05, 0.1) is 0 Å². The summed E-state index contributed by atoms with van der Waals surface area (Å²) in [7, 11) is 0. The highest BCUT2D eigenvalue weighted by atomic mass is 16.6. The minimum Gasteiger partial charge on any atom is -0.486 e. The molecule has 5 nitrogen and oxygen atoms in total. The van der Waals surface area contributed by atoms with Gasteiger partial charge in [-0.3, -0.25) is 4.79 Å². The van der Waals surface area contributed by atoms with E-state index in [1.165, 1.54) is 0 Å². The summed E-state index contributed by atoms with van der Waals surface area (Å²) < 4.78 is 11.1. The first-order valence-electron chi connectivity index (χ1n) is 6.51. The molecule has 1 unspecified atom stereocenters. The molecule has 0 amide bonds. The summed E-state index contributed by atoms with van der Waals surface area (Å²) in [6.07, 6.45) is 2.13. The van der Waals surface area contributed by atoms with Crippen molar-refractivity contribution in [2.24, 2.45) is 5.73 Å². The van der Waals surface area contributed by atoms with Crippen LogP contribution in [0.2, 0.25) is 0 Å². The average molecular weight is 265 g/mol. The molecule has 0 saturated heterocycles. The number of hydrogen-bond acceptors (Lipinski definition) is 4. The molecule has 0 fully saturated rings. The second-order valence-corrected chi connectivity index (χ2v) is 4.69. The lowest BCUT2D eigenvalue weighted by Gasteiger charge is -2.22. The van der Waals surface area contributed by atoms with Crippen molar-refractivity contribution in [1.82, 2.24) is 0 Å². The highest BCUT2D eigenvalue weighted by Gasteiger charge is 2.17. The van der Waals surface area contributed by atoms with Gasteiger partial charge >= 0.3 is 5.97 Å². The monoisotopic (exact) mass is 265 g/mol. The van der Waals surface area contributed by atoms with Crippen LogP contribution in [0.25, 0.3) is 0 Å². The number of fused-ring (bicyclic) bond motifs is 1. The standard InChI is InChI=1S/C14H19NO4/c15-11(4-2-6-13(16)17)9-10-3-1-5-12-14(10)19-8-7-18-12/h1,3,5,11H,2,4,6-9,15H2,(H,16,17). The van der Waals surface area contributed by atoms with E-state index in [1.807, 2.05) is 18.2 Å². The van der Waals surface area contributed by atoms with Crippen molar-refractivity contribution in [3.63, 3.8) is 0 Å². The van der Waals surface area contributed by atoms with Gasteiger partial charge in [-0.1, -0.05) is 12.1 Å². The first-order valence-corrected chi connectivity index (χ1v) is 6.51. The third-order valence-electron chi connectivity index (χ3n) is 3.10. The van der Waals surface area contributed by atoms with E-state index in [0.29, 0.717) is 32.5 Å². The number of nitrogens with two attached hydrogens (primary N) is 1. The van der Waals surface area contributed by atoms with Crippen LogP contribution in [-0.4, -0.2) is 30.3 Å². The number of para-hydroxylation sites is 1. The zero-order valence-corrected chi connectivity index (χ0v) is 10.8. The van der Waals surface area contributed by atoms with E-state index in [9.17, 15) is 4.79 Å². The number of hydrogen-bond donors (Lipinski definition) is 2.